The van der Waals surface area contributed by atoms with Crippen LogP contribution in [-0.4, -0.2) is 298 Å². The molecular weight excluding hydrogens is 2060 g/mol. The Bertz CT molecular complexity index is 4480. The maximum atomic E-state index is 12.7. The zero-order valence-electron chi connectivity index (χ0n) is 77.4. The standard InChI is InChI=1S/C20H27N5O20.C20H29N3O14.C17H29N3O12S.C13H21N3O14S/c1-12-16(43-20(29)42-12)11-39-19(28)15(21-17(26)6-2-4-13(44-24(34)35)8-40-22(30)31)10-38-18(27)7-3-5-14(45-25(36)37)9-41-23(32)33;1-14-16(37-20(27)36-14)13-33-19(26)15(21-17(24)8-4-2-6-10-34-22(28)29)12-32-18(25)9-5-3-7-11-35-23(30)31;21-15(22)14(18-16(23)29-9-5-1-3-7-11-31-19(25)26)13-33-17(24)30-10-6-2-4-8-12-32-20(27)28;17-11(18)10(14-12(19)27-5-1-25-3-7-29-15(21)22)9-31-13(20)28-6-2-26-4-8-30-16(23)24/h13-15H,2-11H2,1H3,(H,21,26);15H,2-13H2,1H3,(H,21,24);14H,1-13H2,(H,18,23)(H,21,22);10H,1-9H2,(H,14,19)(H,17,18). The number of rotatable bonds is 82. The van der Waals surface area contributed by atoms with Crippen LogP contribution in [0, 0.1) is 115 Å². The summed E-state index contributed by atoms with van der Waals surface area (Å²) in [6, 6.07) is -5.80. The Morgan fingerprint density at radius 1 is 0.308 bits per heavy atom. The molecule has 2 heterocycles. The minimum absolute atomic E-state index is 0.00381. The lowest BCUT2D eigenvalue weighted by molar-refractivity contribution is -0.790. The van der Waals surface area contributed by atoms with E-state index in [0.717, 1.165) is 0 Å². The first-order valence-corrected chi connectivity index (χ1v) is 44.4. The van der Waals surface area contributed by atoms with E-state index in [0.29, 0.717) is 113 Å². The van der Waals surface area contributed by atoms with Gasteiger partial charge in [-0.1, -0.05) is 25.7 Å². The van der Waals surface area contributed by atoms with Crippen molar-refractivity contribution >= 4 is 93.9 Å². The third-order valence-corrected chi connectivity index (χ3v) is 18.2. The summed E-state index contributed by atoms with van der Waals surface area (Å²) in [5, 5.41) is 117. The molecule has 2 aromatic heterocycles. The lowest BCUT2D eigenvalue weighted by atomic mass is 10.1. The number of alkyl carbamates (subject to hydrolysis) is 2. The van der Waals surface area contributed by atoms with Gasteiger partial charge in [0.15, 0.2) is 48.3 Å². The van der Waals surface area contributed by atoms with E-state index in [1.807, 2.05) is 5.32 Å². The molecule has 0 spiro atoms. The van der Waals surface area contributed by atoms with Gasteiger partial charge in [0.05, 0.1) is 66.1 Å². The average molecular weight is 2170 g/mol. The number of thioether (sulfide) groups is 2. The Labute approximate surface area is 825 Å². The summed E-state index contributed by atoms with van der Waals surface area (Å²) in [5.41, 5.74) is 0. The highest BCUT2D eigenvalue weighted by atomic mass is 32.2. The molecule has 0 bridgehead atoms. The highest BCUT2D eigenvalue weighted by molar-refractivity contribution is 8.13. The molecule has 6 N–H and O–H groups in total. The van der Waals surface area contributed by atoms with Crippen LogP contribution in [0.2, 0.25) is 0 Å². The highest BCUT2D eigenvalue weighted by Gasteiger charge is 2.31. The molecule has 0 saturated carbocycles. The molecule has 828 valence electrons. The molecule has 2 rings (SSSR count). The summed E-state index contributed by atoms with van der Waals surface area (Å²) in [4.78, 5) is 308. The van der Waals surface area contributed by atoms with Crippen molar-refractivity contribution in [3.8, 4) is 0 Å². The van der Waals surface area contributed by atoms with Gasteiger partial charge in [-0.2, -0.15) is 0 Å². The van der Waals surface area contributed by atoms with E-state index in [1.165, 1.54) is 13.8 Å². The topological polar surface area (TPSA) is 996 Å². The molecule has 0 fully saturated rings. The quantitative estimate of drug-likeness (QED) is 0.0182. The lowest BCUT2D eigenvalue weighted by Crippen LogP contribution is -2.45. The van der Waals surface area contributed by atoms with Gasteiger partial charge in [-0.25, -0.2) is 47.9 Å². The van der Waals surface area contributed by atoms with Crippen molar-refractivity contribution in [3.05, 3.63) is 145 Å². The molecule has 146 heavy (non-hydrogen) atoms. The first-order chi connectivity index (χ1) is 69.2. The second-order valence-electron chi connectivity index (χ2n) is 27.6. The Balaban J connectivity index is 0. The van der Waals surface area contributed by atoms with Gasteiger partial charge in [-0.15, -0.1) is 101 Å². The number of ether oxygens (including phenoxy) is 10. The zero-order chi connectivity index (χ0) is 110. The van der Waals surface area contributed by atoms with Crippen LogP contribution in [0.3, 0.4) is 0 Å². The fourth-order valence-electron chi connectivity index (χ4n) is 9.81. The number of hydrogen-bond donors (Lipinski definition) is 6. The van der Waals surface area contributed by atoms with Gasteiger partial charge >= 0.3 is 70.2 Å². The lowest BCUT2D eigenvalue weighted by Gasteiger charge is -2.18. The Morgan fingerprint density at radius 3 is 0.945 bits per heavy atom. The van der Waals surface area contributed by atoms with E-state index in [9.17, 15) is 168 Å². The van der Waals surface area contributed by atoms with E-state index in [-0.39, 0.29) is 166 Å². The van der Waals surface area contributed by atoms with Crippen molar-refractivity contribution in [2.45, 2.75) is 205 Å². The molecule has 0 aromatic carbocycles. The molecule has 6 unspecified atom stereocenters. The number of carboxylic acids is 2. The van der Waals surface area contributed by atoms with Crippen molar-refractivity contribution in [1.82, 2.24) is 21.3 Å². The number of carboxylic acid groups (broad SMARTS) is 2. The Kier molecular flexibility index (Phi) is 74.5. The van der Waals surface area contributed by atoms with Gasteiger partial charge in [0.1, 0.15) is 77.1 Å². The van der Waals surface area contributed by atoms with Crippen molar-refractivity contribution in [3.63, 3.8) is 0 Å². The van der Waals surface area contributed by atoms with Crippen LogP contribution < -0.4 is 32.9 Å². The van der Waals surface area contributed by atoms with Crippen molar-refractivity contribution in [2.75, 3.05) is 130 Å². The monoisotopic (exact) mass is 2170 g/mol. The number of carbonyl (C=O) groups is 12. The molecule has 76 heteroatoms. The SMILES string of the molecule is Cc1oc(=O)oc1COC(=O)C(COC(=O)CCCC(CO[N+](=O)[O-])O[N+](=O)[O-])NC(=O)CCCC(CO[N+](=O)[O-])O[N+](=O)[O-].Cc1oc(=O)oc1COC(=O)C(COC(=O)CCCCCO[N+](=O)[O-])NC(=O)CCCCCO[N+](=O)[O-].O=C(NC(CSC(=O)OCCCCCCO[N+](=O)[O-])C(=O)O)OCCCCCCO[N+](=O)[O-].O=C(NC(CSC(=O)OCCOCCO[N+](=O)[O-])C(=O)O)OCCOCCO[N+](=O)[O-]. The van der Waals surface area contributed by atoms with Gasteiger partial charge in [0, 0.05) is 37.2 Å². The number of esters is 4. The minimum atomic E-state index is -1.64. The van der Waals surface area contributed by atoms with Crippen LogP contribution in [0.15, 0.2) is 27.3 Å². The summed E-state index contributed by atoms with van der Waals surface area (Å²) in [7, 11) is 0. The number of aryl methyl sites for hydroxylation is 2. The van der Waals surface area contributed by atoms with E-state index in [1.54, 1.807) is 0 Å². The van der Waals surface area contributed by atoms with Crippen molar-refractivity contribution < 1.29 is 232 Å². The highest BCUT2D eigenvalue weighted by Crippen LogP contribution is 2.17. The number of carbonyl (C=O) groups excluding carboxylic acids is 10. The van der Waals surface area contributed by atoms with Gasteiger partial charge in [-0.05, 0) is 127 Å². The minimum Gasteiger partial charge on any atom is -0.480 e. The van der Waals surface area contributed by atoms with Crippen molar-refractivity contribution in [1.29, 1.82) is 0 Å². The fraction of sp³-hybridized carbons (Fsp3) is 0.743. The predicted octanol–water partition coefficient (Wildman–Crippen LogP) is 2.73. The Hall–Kier alpha value is -16.1. The van der Waals surface area contributed by atoms with Crippen LogP contribution in [0.1, 0.15) is 164 Å². The molecule has 0 aliphatic carbocycles. The first-order valence-electron chi connectivity index (χ1n) is 42.5. The smallest absolute Gasteiger partial charge is 0.480 e. The average Bonchev–Trinajstić information content (AvgIpc) is 1.74. The number of amides is 4. The summed E-state index contributed by atoms with van der Waals surface area (Å²) >= 11 is 1.10. The molecule has 6 atom stereocenters. The summed E-state index contributed by atoms with van der Waals surface area (Å²) in [6.45, 7) is -2.61. The maximum Gasteiger partial charge on any atom is 0.519 e. The largest absolute Gasteiger partial charge is 0.519 e. The normalized spacial score (nSPS) is 11.6. The van der Waals surface area contributed by atoms with E-state index in [4.69, 9.17) is 61.7 Å². The molecule has 0 radical (unpaired) electrons. The number of hydrogen-bond acceptors (Lipinski definition) is 60. The predicted molar refractivity (Wildman–Crippen MR) is 459 cm³/mol. The summed E-state index contributed by atoms with van der Waals surface area (Å²) in [5.74, 6) is -10.6. The molecule has 0 aliphatic heterocycles. The fourth-order valence-corrected chi connectivity index (χ4v) is 11.2. The van der Waals surface area contributed by atoms with Crippen LogP contribution in [0.25, 0.3) is 0 Å². The third-order valence-electron chi connectivity index (χ3n) is 16.5. The summed E-state index contributed by atoms with van der Waals surface area (Å²) in [6.07, 6.45) is 0.618. The summed E-state index contributed by atoms with van der Waals surface area (Å²) < 4.78 is 67.9. The molecule has 2 aromatic rings. The van der Waals surface area contributed by atoms with Gasteiger partial charge in [-0.3, -0.25) is 19.2 Å². The second-order valence-corrected chi connectivity index (χ2v) is 29.5. The number of nitrogens with zero attached hydrogens (tertiary/aromatic N) is 10. The maximum absolute atomic E-state index is 12.7. The molecular formula is C70H106N14O60S2. The third kappa shape index (κ3) is 80.5. The second kappa shape index (κ2) is 82.5. The molecule has 74 nitrogen and oxygen atoms in total. The van der Waals surface area contributed by atoms with Crippen LogP contribution in [0.4, 0.5) is 19.2 Å². The van der Waals surface area contributed by atoms with Crippen LogP contribution in [0.5, 0.6) is 0 Å². The number of aliphatic carboxylic acids is 2. The number of unbranched alkanes of at least 4 members (excludes halogenated alkanes) is 10. The van der Waals surface area contributed by atoms with Gasteiger partial charge < -0.3 is 145 Å². The first kappa shape index (κ1) is 132. The van der Waals surface area contributed by atoms with Crippen LogP contribution in [-0.2, 0) is 147 Å². The van der Waals surface area contributed by atoms with Gasteiger partial charge in [0.2, 0.25) is 11.8 Å². The van der Waals surface area contributed by atoms with Gasteiger partial charge in [0.25, 0.3) is 50.9 Å². The molecule has 4 amide bonds. The molecule has 0 saturated heterocycles. The van der Waals surface area contributed by atoms with E-state index < -0.39 is 222 Å². The van der Waals surface area contributed by atoms with E-state index in [2.05, 4.69) is 77.9 Å². The van der Waals surface area contributed by atoms with Crippen molar-refractivity contribution in [2.24, 2.45) is 0 Å². The molecule has 0 aliphatic rings. The van der Waals surface area contributed by atoms with Crippen LogP contribution >= 0.6 is 23.5 Å². The zero-order valence-corrected chi connectivity index (χ0v) is 79.1. The van der Waals surface area contributed by atoms with E-state index >= 15 is 0 Å². The number of nitrogens with one attached hydrogen (secondary N) is 4. The Morgan fingerprint density at radius 2 is 0.603 bits per heavy atom.